The molecule has 0 saturated heterocycles. The van der Waals surface area contributed by atoms with E-state index in [1.54, 1.807) is 19.1 Å². The second kappa shape index (κ2) is 4.17. The smallest absolute Gasteiger partial charge is 0.300 e. The maximum atomic E-state index is 12.1. The van der Waals surface area contributed by atoms with Gasteiger partial charge in [-0.25, -0.2) is 8.78 Å². The lowest BCUT2D eigenvalue weighted by Crippen LogP contribution is -2.11. The Bertz CT molecular complexity index is 348. The average molecular weight is 200 g/mol. The van der Waals surface area contributed by atoms with Gasteiger partial charge < -0.3 is 4.74 Å². The van der Waals surface area contributed by atoms with Crippen molar-refractivity contribution in [1.29, 1.82) is 0 Å². The van der Waals surface area contributed by atoms with Gasteiger partial charge in [0.25, 0.3) is 0 Å². The number of carbonyl (C=O) groups excluding carboxylic acids is 1. The van der Waals surface area contributed by atoms with Gasteiger partial charge >= 0.3 is 6.43 Å². The fourth-order valence-corrected chi connectivity index (χ4v) is 1.12. The third-order valence-corrected chi connectivity index (χ3v) is 1.82. The van der Waals surface area contributed by atoms with Crippen molar-refractivity contribution in [2.75, 3.05) is 7.11 Å². The molecule has 14 heavy (non-hydrogen) atoms. The van der Waals surface area contributed by atoms with Crippen LogP contribution in [-0.4, -0.2) is 19.3 Å². The first kappa shape index (κ1) is 10.6. The summed E-state index contributed by atoms with van der Waals surface area (Å²) in [4.78, 5) is 11.0. The second-order valence-electron chi connectivity index (χ2n) is 2.87. The second-order valence-corrected chi connectivity index (χ2v) is 2.87. The first-order valence-electron chi connectivity index (χ1n) is 4.03. The number of ketones is 1. The highest BCUT2D eigenvalue weighted by Gasteiger charge is 2.21. The maximum Gasteiger partial charge on any atom is 0.300 e. The first-order chi connectivity index (χ1) is 6.56. The van der Waals surface area contributed by atoms with E-state index in [1.807, 2.05) is 0 Å². The third kappa shape index (κ3) is 2.07. The molecule has 0 saturated carbocycles. The van der Waals surface area contributed by atoms with E-state index in [4.69, 9.17) is 4.74 Å². The molecule has 0 bridgehead atoms. The summed E-state index contributed by atoms with van der Waals surface area (Å²) in [7, 11) is 1.34. The summed E-state index contributed by atoms with van der Waals surface area (Å²) in [6.45, 7) is 1.79. The molecular formula is C10H10F2O2. The molecule has 2 nitrogen and oxygen atoms in total. The van der Waals surface area contributed by atoms with Crippen molar-refractivity contribution in [1.82, 2.24) is 0 Å². The van der Waals surface area contributed by atoms with Crippen LogP contribution in [0, 0.1) is 6.92 Å². The van der Waals surface area contributed by atoms with Gasteiger partial charge in [-0.3, -0.25) is 4.79 Å². The molecule has 0 radical (unpaired) electrons. The minimum atomic E-state index is -2.99. The number of alkyl halides is 2. The topological polar surface area (TPSA) is 26.3 Å². The van der Waals surface area contributed by atoms with Crippen LogP contribution >= 0.6 is 0 Å². The van der Waals surface area contributed by atoms with Crippen LogP contribution < -0.4 is 4.74 Å². The van der Waals surface area contributed by atoms with Crippen molar-refractivity contribution in [2.45, 2.75) is 13.3 Å². The quantitative estimate of drug-likeness (QED) is 0.700. The molecule has 0 amide bonds. The summed E-state index contributed by atoms with van der Waals surface area (Å²) < 4.78 is 29.1. The van der Waals surface area contributed by atoms with Crippen LogP contribution in [0.3, 0.4) is 0 Å². The number of rotatable bonds is 3. The first-order valence-corrected chi connectivity index (χ1v) is 4.03. The van der Waals surface area contributed by atoms with E-state index in [2.05, 4.69) is 0 Å². The van der Waals surface area contributed by atoms with Crippen molar-refractivity contribution in [3.8, 4) is 5.75 Å². The van der Waals surface area contributed by atoms with Gasteiger partial charge in [-0.15, -0.1) is 0 Å². The summed E-state index contributed by atoms with van der Waals surface area (Å²) in [5.74, 6) is -1.02. The molecule has 0 heterocycles. The van der Waals surface area contributed by atoms with E-state index in [-0.39, 0.29) is 11.3 Å². The highest BCUT2D eigenvalue weighted by molar-refractivity contribution is 6.00. The Morgan fingerprint density at radius 1 is 1.43 bits per heavy atom. The van der Waals surface area contributed by atoms with Gasteiger partial charge in [-0.2, -0.15) is 0 Å². The molecule has 0 fully saturated rings. The lowest BCUT2D eigenvalue weighted by molar-refractivity contribution is 0.0675. The van der Waals surface area contributed by atoms with E-state index in [1.165, 1.54) is 13.2 Å². The summed E-state index contributed by atoms with van der Waals surface area (Å²) in [6, 6.07) is 4.50. The normalized spacial score (nSPS) is 10.4. The van der Waals surface area contributed by atoms with Crippen molar-refractivity contribution in [3.63, 3.8) is 0 Å². The molecule has 0 aliphatic rings. The van der Waals surface area contributed by atoms with Gasteiger partial charge in [0.05, 0.1) is 12.7 Å². The van der Waals surface area contributed by atoms with Crippen LogP contribution in [0.1, 0.15) is 15.9 Å². The Labute approximate surface area is 80.5 Å². The van der Waals surface area contributed by atoms with E-state index in [0.29, 0.717) is 0 Å². The summed E-state index contributed by atoms with van der Waals surface area (Å²) in [5, 5.41) is 0. The van der Waals surface area contributed by atoms with Crippen LogP contribution in [0.2, 0.25) is 0 Å². The number of hydrogen-bond donors (Lipinski definition) is 0. The zero-order chi connectivity index (χ0) is 10.7. The average Bonchev–Trinajstić information content (AvgIpc) is 2.16. The Hall–Kier alpha value is -1.45. The highest BCUT2D eigenvalue weighted by atomic mass is 19.3. The summed E-state index contributed by atoms with van der Waals surface area (Å²) >= 11 is 0. The molecule has 0 aromatic heterocycles. The highest BCUT2D eigenvalue weighted by Crippen LogP contribution is 2.22. The number of benzene rings is 1. The third-order valence-electron chi connectivity index (χ3n) is 1.82. The van der Waals surface area contributed by atoms with Gasteiger partial charge in [-0.1, -0.05) is 6.07 Å². The molecule has 0 spiro atoms. The number of hydrogen-bond acceptors (Lipinski definition) is 2. The van der Waals surface area contributed by atoms with Crippen LogP contribution in [0.4, 0.5) is 8.78 Å². The standard InChI is InChI=1S/C10H10F2O2/c1-6-3-4-7(8(5-6)14-2)9(13)10(11)12/h3-5,10H,1-2H3. The molecule has 1 aromatic rings. The number of carbonyl (C=O) groups is 1. The van der Waals surface area contributed by atoms with Crippen molar-refractivity contribution >= 4 is 5.78 Å². The number of ether oxygens (including phenoxy) is 1. The Balaban J connectivity index is 3.14. The zero-order valence-electron chi connectivity index (χ0n) is 7.88. The molecule has 1 rings (SSSR count). The van der Waals surface area contributed by atoms with Gasteiger partial charge in [0.2, 0.25) is 5.78 Å². The largest absolute Gasteiger partial charge is 0.496 e. The molecule has 1 aromatic carbocycles. The molecule has 0 atom stereocenters. The molecule has 0 N–H and O–H groups in total. The molecule has 76 valence electrons. The molecule has 4 heteroatoms. The van der Waals surface area contributed by atoms with E-state index >= 15 is 0 Å². The zero-order valence-corrected chi connectivity index (χ0v) is 7.88. The van der Waals surface area contributed by atoms with Gasteiger partial charge in [0, 0.05) is 0 Å². The number of methoxy groups -OCH3 is 1. The lowest BCUT2D eigenvalue weighted by atomic mass is 10.1. The summed E-state index contributed by atoms with van der Waals surface area (Å²) in [5.41, 5.74) is 0.778. The number of aryl methyl sites for hydroxylation is 1. The fraction of sp³-hybridized carbons (Fsp3) is 0.300. The molecule has 0 unspecified atom stereocenters. The van der Waals surface area contributed by atoms with Crippen LogP contribution in [0.25, 0.3) is 0 Å². The molecule has 0 aliphatic heterocycles. The van der Waals surface area contributed by atoms with Crippen LogP contribution in [0.5, 0.6) is 5.75 Å². The number of halogens is 2. The summed E-state index contributed by atoms with van der Waals surface area (Å²) in [6.07, 6.45) is -2.99. The fourth-order valence-electron chi connectivity index (χ4n) is 1.12. The van der Waals surface area contributed by atoms with E-state index in [0.717, 1.165) is 5.56 Å². The predicted octanol–water partition coefficient (Wildman–Crippen LogP) is 2.45. The van der Waals surface area contributed by atoms with Crippen molar-refractivity contribution in [3.05, 3.63) is 29.3 Å². The van der Waals surface area contributed by atoms with Crippen LogP contribution in [-0.2, 0) is 0 Å². The number of Topliss-reactive ketones (excluding diaryl/α,β-unsaturated/α-hetero) is 1. The maximum absolute atomic E-state index is 12.1. The monoisotopic (exact) mass is 200 g/mol. The van der Waals surface area contributed by atoms with Gasteiger partial charge in [-0.05, 0) is 24.6 Å². The van der Waals surface area contributed by atoms with Gasteiger partial charge in [0.15, 0.2) is 0 Å². The van der Waals surface area contributed by atoms with Crippen molar-refractivity contribution < 1.29 is 18.3 Å². The Morgan fingerprint density at radius 3 is 2.57 bits per heavy atom. The van der Waals surface area contributed by atoms with Gasteiger partial charge in [0.1, 0.15) is 5.75 Å². The predicted molar refractivity (Wildman–Crippen MR) is 48.1 cm³/mol. The minimum Gasteiger partial charge on any atom is -0.496 e. The molecular weight excluding hydrogens is 190 g/mol. The van der Waals surface area contributed by atoms with Crippen molar-refractivity contribution in [2.24, 2.45) is 0 Å². The minimum absolute atomic E-state index is 0.0758. The van der Waals surface area contributed by atoms with Crippen LogP contribution in [0.15, 0.2) is 18.2 Å². The molecule has 0 aliphatic carbocycles. The SMILES string of the molecule is COc1cc(C)ccc1C(=O)C(F)F. The van der Waals surface area contributed by atoms with E-state index < -0.39 is 12.2 Å². The van der Waals surface area contributed by atoms with E-state index in [9.17, 15) is 13.6 Å². The Morgan fingerprint density at radius 2 is 2.07 bits per heavy atom. The Kier molecular flexibility index (Phi) is 3.17. The lowest BCUT2D eigenvalue weighted by Gasteiger charge is -2.07.